The molecule has 2 unspecified atom stereocenters. The van der Waals surface area contributed by atoms with Gasteiger partial charge in [0.25, 0.3) is 0 Å². The topological polar surface area (TPSA) is 9.23 Å². The number of ether oxygens (including phenoxy) is 1. The van der Waals surface area contributed by atoms with Crippen molar-refractivity contribution in [2.75, 3.05) is 6.61 Å². The molecule has 0 aromatic rings. The SMILES string of the molecule is CC1COC(C)C2(CCC2)C1. The summed E-state index contributed by atoms with van der Waals surface area (Å²) in [6.45, 7) is 5.56. The molecule has 0 radical (unpaired) electrons. The molecule has 64 valence electrons. The first-order valence-electron chi connectivity index (χ1n) is 4.84. The van der Waals surface area contributed by atoms with Gasteiger partial charge >= 0.3 is 0 Å². The first-order valence-corrected chi connectivity index (χ1v) is 4.84. The van der Waals surface area contributed by atoms with Gasteiger partial charge in [-0.1, -0.05) is 13.3 Å². The number of hydrogen-bond donors (Lipinski definition) is 0. The summed E-state index contributed by atoms with van der Waals surface area (Å²) in [6, 6.07) is 0. The Morgan fingerprint density at radius 2 is 2.00 bits per heavy atom. The maximum absolute atomic E-state index is 5.75. The molecule has 1 saturated heterocycles. The third-order valence-electron chi connectivity index (χ3n) is 3.60. The molecule has 0 N–H and O–H groups in total. The van der Waals surface area contributed by atoms with E-state index in [4.69, 9.17) is 4.74 Å². The Morgan fingerprint density at radius 1 is 1.27 bits per heavy atom. The number of rotatable bonds is 0. The minimum absolute atomic E-state index is 0.535. The van der Waals surface area contributed by atoms with Gasteiger partial charge in [-0.25, -0.2) is 0 Å². The van der Waals surface area contributed by atoms with Gasteiger partial charge in [-0.2, -0.15) is 0 Å². The first kappa shape index (κ1) is 7.60. The van der Waals surface area contributed by atoms with E-state index in [1.165, 1.54) is 25.7 Å². The van der Waals surface area contributed by atoms with Gasteiger partial charge in [-0.05, 0) is 37.5 Å². The molecule has 0 bridgehead atoms. The van der Waals surface area contributed by atoms with Crippen molar-refractivity contribution in [3.63, 3.8) is 0 Å². The quantitative estimate of drug-likeness (QED) is 0.521. The highest BCUT2D eigenvalue weighted by Crippen LogP contribution is 2.51. The molecule has 1 heterocycles. The van der Waals surface area contributed by atoms with E-state index in [-0.39, 0.29) is 0 Å². The Kier molecular flexibility index (Phi) is 1.71. The Hall–Kier alpha value is -0.0400. The van der Waals surface area contributed by atoms with Gasteiger partial charge in [-0.3, -0.25) is 0 Å². The smallest absolute Gasteiger partial charge is 0.0603 e. The van der Waals surface area contributed by atoms with Crippen molar-refractivity contribution in [2.24, 2.45) is 11.3 Å². The summed E-state index contributed by atoms with van der Waals surface area (Å²) >= 11 is 0. The molecule has 1 heteroatoms. The molecule has 11 heavy (non-hydrogen) atoms. The summed E-state index contributed by atoms with van der Waals surface area (Å²) in [7, 11) is 0. The van der Waals surface area contributed by atoms with Crippen molar-refractivity contribution in [1.82, 2.24) is 0 Å². The van der Waals surface area contributed by atoms with Crippen LogP contribution in [0.1, 0.15) is 39.5 Å². The van der Waals surface area contributed by atoms with Crippen LogP contribution in [0.4, 0.5) is 0 Å². The molecular weight excluding hydrogens is 136 g/mol. The average molecular weight is 154 g/mol. The van der Waals surface area contributed by atoms with E-state index in [1.807, 2.05) is 0 Å². The molecule has 1 aliphatic heterocycles. The zero-order valence-electron chi connectivity index (χ0n) is 7.60. The molecule has 0 aromatic heterocycles. The van der Waals surface area contributed by atoms with Crippen LogP contribution in [-0.4, -0.2) is 12.7 Å². The molecule has 2 rings (SSSR count). The van der Waals surface area contributed by atoms with Crippen LogP contribution in [0.3, 0.4) is 0 Å². The second kappa shape index (κ2) is 2.48. The predicted molar refractivity (Wildman–Crippen MR) is 45.5 cm³/mol. The third kappa shape index (κ3) is 1.10. The summed E-state index contributed by atoms with van der Waals surface area (Å²) in [4.78, 5) is 0. The van der Waals surface area contributed by atoms with E-state index >= 15 is 0 Å². The second-order valence-corrected chi connectivity index (χ2v) is 4.50. The molecular formula is C10H18O. The predicted octanol–water partition coefficient (Wildman–Crippen LogP) is 2.60. The van der Waals surface area contributed by atoms with E-state index in [0.29, 0.717) is 11.5 Å². The zero-order chi connectivity index (χ0) is 7.90. The van der Waals surface area contributed by atoms with E-state index in [1.54, 1.807) is 0 Å². The fourth-order valence-corrected chi connectivity index (χ4v) is 2.65. The van der Waals surface area contributed by atoms with Crippen LogP contribution in [-0.2, 0) is 4.74 Å². The van der Waals surface area contributed by atoms with Crippen LogP contribution in [0.2, 0.25) is 0 Å². The van der Waals surface area contributed by atoms with Gasteiger partial charge in [0.2, 0.25) is 0 Å². The fourth-order valence-electron chi connectivity index (χ4n) is 2.65. The Morgan fingerprint density at radius 3 is 2.45 bits per heavy atom. The van der Waals surface area contributed by atoms with Crippen LogP contribution in [0.15, 0.2) is 0 Å². The molecule has 1 nitrogen and oxygen atoms in total. The molecule has 2 aliphatic rings. The van der Waals surface area contributed by atoms with Crippen LogP contribution < -0.4 is 0 Å². The van der Waals surface area contributed by atoms with Crippen molar-refractivity contribution in [1.29, 1.82) is 0 Å². The van der Waals surface area contributed by atoms with E-state index in [0.717, 1.165) is 12.5 Å². The van der Waals surface area contributed by atoms with E-state index in [9.17, 15) is 0 Å². The first-order chi connectivity index (χ1) is 5.23. The number of hydrogen-bond acceptors (Lipinski definition) is 1. The van der Waals surface area contributed by atoms with Crippen molar-refractivity contribution < 1.29 is 4.74 Å². The van der Waals surface area contributed by atoms with Gasteiger partial charge in [-0.15, -0.1) is 0 Å². The monoisotopic (exact) mass is 154 g/mol. The lowest BCUT2D eigenvalue weighted by Gasteiger charge is -2.51. The lowest BCUT2D eigenvalue weighted by molar-refractivity contribution is -0.133. The minimum Gasteiger partial charge on any atom is -0.378 e. The van der Waals surface area contributed by atoms with Crippen LogP contribution in [0.5, 0.6) is 0 Å². The lowest BCUT2D eigenvalue weighted by atomic mass is 9.60. The zero-order valence-corrected chi connectivity index (χ0v) is 7.60. The molecule has 0 amide bonds. The van der Waals surface area contributed by atoms with Gasteiger partial charge in [0.1, 0.15) is 0 Å². The van der Waals surface area contributed by atoms with Gasteiger partial charge in [0, 0.05) is 6.61 Å². The fraction of sp³-hybridized carbons (Fsp3) is 1.00. The second-order valence-electron chi connectivity index (χ2n) is 4.50. The van der Waals surface area contributed by atoms with Crippen molar-refractivity contribution >= 4 is 0 Å². The van der Waals surface area contributed by atoms with E-state index in [2.05, 4.69) is 13.8 Å². The normalized spacial score (nSPS) is 42.0. The Bertz CT molecular complexity index is 149. The van der Waals surface area contributed by atoms with Crippen LogP contribution >= 0.6 is 0 Å². The molecule has 1 saturated carbocycles. The maximum Gasteiger partial charge on any atom is 0.0603 e. The standard InChI is InChI=1S/C10H18O/c1-8-6-10(4-3-5-10)9(2)11-7-8/h8-9H,3-7H2,1-2H3. The average Bonchev–Trinajstić information content (AvgIpc) is 1.91. The maximum atomic E-state index is 5.75. The molecule has 0 aromatic carbocycles. The summed E-state index contributed by atoms with van der Waals surface area (Å²) in [5, 5.41) is 0. The van der Waals surface area contributed by atoms with Gasteiger partial charge < -0.3 is 4.74 Å². The van der Waals surface area contributed by atoms with Crippen molar-refractivity contribution in [2.45, 2.75) is 45.6 Å². The van der Waals surface area contributed by atoms with Crippen molar-refractivity contribution in [3.05, 3.63) is 0 Å². The van der Waals surface area contributed by atoms with Crippen LogP contribution in [0, 0.1) is 11.3 Å². The summed E-state index contributed by atoms with van der Waals surface area (Å²) < 4.78 is 5.75. The Balaban J connectivity index is 2.04. The summed E-state index contributed by atoms with van der Waals surface area (Å²) in [5.74, 6) is 0.798. The summed E-state index contributed by atoms with van der Waals surface area (Å²) in [6.07, 6.45) is 6.21. The summed E-state index contributed by atoms with van der Waals surface area (Å²) in [5.41, 5.74) is 0.609. The Labute approximate surface area is 69.1 Å². The lowest BCUT2D eigenvalue weighted by Crippen LogP contribution is -2.47. The molecule has 2 fully saturated rings. The highest BCUT2D eigenvalue weighted by Gasteiger charge is 2.45. The van der Waals surface area contributed by atoms with Gasteiger partial charge in [0.05, 0.1) is 6.10 Å². The highest BCUT2D eigenvalue weighted by atomic mass is 16.5. The largest absolute Gasteiger partial charge is 0.378 e. The third-order valence-corrected chi connectivity index (χ3v) is 3.60. The van der Waals surface area contributed by atoms with E-state index < -0.39 is 0 Å². The molecule has 1 spiro atoms. The molecule has 1 aliphatic carbocycles. The minimum atomic E-state index is 0.535. The van der Waals surface area contributed by atoms with Gasteiger partial charge in [0.15, 0.2) is 0 Å². The van der Waals surface area contributed by atoms with Crippen LogP contribution in [0.25, 0.3) is 0 Å². The highest BCUT2D eigenvalue weighted by molar-refractivity contribution is 4.95. The van der Waals surface area contributed by atoms with Crippen molar-refractivity contribution in [3.8, 4) is 0 Å². The molecule has 2 atom stereocenters.